The topological polar surface area (TPSA) is 37.3 Å². The Morgan fingerprint density at radius 3 is 2.59 bits per heavy atom. The molecule has 2 saturated heterocycles. The van der Waals surface area contributed by atoms with Gasteiger partial charge in [-0.05, 0) is 7.05 Å². The molecule has 2 rings (SSSR count). The Morgan fingerprint density at radius 1 is 1.18 bits per heavy atom. The lowest BCUT2D eigenvalue weighted by molar-refractivity contribution is 0.0210. The molecule has 0 spiro atoms. The van der Waals surface area contributed by atoms with Gasteiger partial charge in [0.1, 0.15) is 6.61 Å². The smallest absolute Gasteiger partial charge is 0.129 e. The molecule has 0 N–H and O–H groups in total. The molecular weight excluding hydrogens is 218 g/mol. The van der Waals surface area contributed by atoms with Crippen LogP contribution < -0.4 is 0 Å². The maximum absolute atomic E-state index is 5.40. The Bertz CT molecular complexity index is 242. The van der Waals surface area contributed by atoms with Crippen LogP contribution in [0.15, 0.2) is 5.16 Å². The molecule has 17 heavy (non-hydrogen) atoms. The van der Waals surface area contributed by atoms with Crippen LogP contribution in [-0.4, -0.2) is 75.1 Å². The Balaban J connectivity index is 1.57. The largest absolute Gasteiger partial charge is 0.394 e. The van der Waals surface area contributed by atoms with Crippen molar-refractivity contribution in [1.29, 1.82) is 0 Å². The van der Waals surface area contributed by atoms with E-state index in [1.807, 2.05) is 0 Å². The zero-order valence-electron chi connectivity index (χ0n) is 10.7. The maximum atomic E-state index is 5.40. The van der Waals surface area contributed by atoms with Gasteiger partial charge in [0.05, 0.1) is 18.9 Å². The minimum atomic E-state index is 0.694. The summed E-state index contributed by atoms with van der Waals surface area (Å²) < 4.78 is 5.30. The molecule has 0 amide bonds. The van der Waals surface area contributed by atoms with Crippen LogP contribution in [0.1, 0.15) is 12.8 Å². The van der Waals surface area contributed by atoms with Gasteiger partial charge >= 0.3 is 0 Å². The molecule has 5 nitrogen and oxygen atoms in total. The lowest BCUT2D eigenvalue weighted by atomic mass is 10.1. The van der Waals surface area contributed by atoms with Gasteiger partial charge in [0, 0.05) is 45.6 Å². The average molecular weight is 241 g/mol. The summed E-state index contributed by atoms with van der Waals surface area (Å²) >= 11 is 0. The normalized spacial score (nSPS) is 23.7. The summed E-state index contributed by atoms with van der Waals surface area (Å²) in [6, 6.07) is 0. The first-order chi connectivity index (χ1) is 8.34. The number of hydrogen-bond donors (Lipinski definition) is 0. The molecule has 0 aromatic carbocycles. The molecule has 0 aromatic rings. The standard InChI is InChI=1S/C12H23N3O2/c1-14-4-2-12(3-5-14)13-17-11-8-15-6-9-16-10-7-15/h2-11H2,1H3. The van der Waals surface area contributed by atoms with E-state index in [-0.39, 0.29) is 0 Å². The molecule has 0 atom stereocenters. The second-order valence-electron chi connectivity index (χ2n) is 4.75. The van der Waals surface area contributed by atoms with Crippen LogP contribution in [0.5, 0.6) is 0 Å². The van der Waals surface area contributed by atoms with Gasteiger partial charge in [0.25, 0.3) is 0 Å². The van der Waals surface area contributed by atoms with Crippen LogP contribution in [0.25, 0.3) is 0 Å². The first-order valence-electron chi connectivity index (χ1n) is 6.51. The molecule has 0 bridgehead atoms. The second-order valence-corrected chi connectivity index (χ2v) is 4.75. The summed E-state index contributed by atoms with van der Waals surface area (Å²) in [4.78, 5) is 10.1. The van der Waals surface area contributed by atoms with Crippen molar-refractivity contribution in [2.45, 2.75) is 12.8 Å². The molecule has 5 heteroatoms. The van der Waals surface area contributed by atoms with Crippen molar-refractivity contribution >= 4 is 5.71 Å². The molecule has 2 aliphatic rings. The number of oxime groups is 1. The van der Waals surface area contributed by atoms with Crippen molar-refractivity contribution in [3.63, 3.8) is 0 Å². The summed E-state index contributed by atoms with van der Waals surface area (Å²) in [6.07, 6.45) is 2.10. The zero-order chi connectivity index (χ0) is 11.9. The summed E-state index contributed by atoms with van der Waals surface area (Å²) in [5.74, 6) is 0. The molecule has 2 heterocycles. The van der Waals surface area contributed by atoms with Crippen molar-refractivity contribution in [2.75, 3.05) is 59.6 Å². The molecule has 2 fully saturated rings. The summed E-state index contributed by atoms with van der Waals surface area (Å²) in [6.45, 7) is 7.59. The van der Waals surface area contributed by atoms with Gasteiger partial charge in [-0.1, -0.05) is 5.16 Å². The highest BCUT2D eigenvalue weighted by atomic mass is 16.6. The Hall–Kier alpha value is -0.650. The van der Waals surface area contributed by atoms with Crippen LogP contribution in [0.3, 0.4) is 0 Å². The van der Waals surface area contributed by atoms with Gasteiger partial charge in [-0.3, -0.25) is 4.90 Å². The minimum absolute atomic E-state index is 0.694. The van der Waals surface area contributed by atoms with Crippen LogP contribution in [-0.2, 0) is 9.57 Å². The number of hydrogen-bond acceptors (Lipinski definition) is 5. The van der Waals surface area contributed by atoms with Crippen LogP contribution in [0.4, 0.5) is 0 Å². The zero-order valence-corrected chi connectivity index (χ0v) is 10.7. The first-order valence-corrected chi connectivity index (χ1v) is 6.51. The Kier molecular flexibility index (Phi) is 5.22. The van der Waals surface area contributed by atoms with E-state index in [4.69, 9.17) is 9.57 Å². The highest BCUT2D eigenvalue weighted by Gasteiger charge is 2.12. The molecular formula is C12H23N3O2. The first kappa shape index (κ1) is 12.8. The fraction of sp³-hybridized carbons (Fsp3) is 0.917. The fourth-order valence-electron chi connectivity index (χ4n) is 2.10. The molecule has 98 valence electrons. The van der Waals surface area contributed by atoms with Crippen molar-refractivity contribution in [3.05, 3.63) is 0 Å². The number of piperidine rings is 1. The molecule has 0 saturated carbocycles. The third-order valence-corrected chi connectivity index (χ3v) is 3.36. The van der Waals surface area contributed by atoms with Gasteiger partial charge in [0.15, 0.2) is 0 Å². The van der Waals surface area contributed by atoms with Gasteiger partial charge in [-0.25, -0.2) is 0 Å². The van der Waals surface area contributed by atoms with E-state index in [9.17, 15) is 0 Å². The lowest BCUT2D eigenvalue weighted by Crippen LogP contribution is -2.38. The number of ether oxygens (including phenoxy) is 1. The van der Waals surface area contributed by atoms with E-state index in [0.717, 1.165) is 58.8 Å². The van der Waals surface area contributed by atoms with E-state index in [1.165, 1.54) is 5.71 Å². The second kappa shape index (κ2) is 6.93. The predicted molar refractivity (Wildman–Crippen MR) is 67.4 cm³/mol. The molecule has 0 aromatic heterocycles. The van der Waals surface area contributed by atoms with E-state index < -0.39 is 0 Å². The third-order valence-electron chi connectivity index (χ3n) is 3.36. The molecule has 0 radical (unpaired) electrons. The van der Waals surface area contributed by atoms with Crippen LogP contribution in [0, 0.1) is 0 Å². The Labute approximate surface area is 103 Å². The monoisotopic (exact) mass is 241 g/mol. The fourth-order valence-corrected chi connectivity index (χ4v) is 2.10. The average Bonchev–Trinajstić information content (AvgIpc) is 2.38. The van der Waals surface area contributed by atoms with Crippen LogP contribution in [0.2, 0.25) is 0 Å². The van der Waals surface area contributed by atoms with E-state index >= 15 is 0 Å². The lowest BCUT2D eigenvalue weighted by Gasteiger charge is -2.26. The van der Waals surface area contributed by atoms with Gasteiger partial charge in [0.2, 0.25) is 0 Å². The summed E-state index contributed by atoms with van der Waals surface area (Å²) in [5.41, 5.74) is 1.21. The quantitative estimate of drug-likeness (QED) is 0.528. The third kappa shape index (κ3) is 4.61. The number of nitrogens with zero attached hydrogens (tertiary/aromatic N) is 3. The van der Waals surface area contributed by atoms with Gasteiger partial charge < -0.3 is 14.5 Å². The summed E-state index contributed by atoms with van der Waals surface area (Å²) in [7, 11) is 2.15. The molecule has 0 unspecified atom stereocenters. The number of morpholine rings is 1. The minimum Gasteiger partial charge on any atom is -0.394 e. The van der Waals surface area contributed by atoms with Crippen molar-refractivity contribution in [2.24, 2.45) is 5.16 Å². The number of likely N-dealkylation sites (tertiary alicyclic amines) is 1. The number of rotatable bonds is 4. The van der Waals surface area contributed by atoms with Crippen molar-refractivity contribution < 1.29 is 9.57 Å². The van der Waals surface area contributed by atoms with Gasteiger partial charge in [-0.2, -0.15) is 0 Å². The molecule has 0 aliphatic carbocycles. The highest BCUT2D eigenvalue weighted by Crippen LogP contribution is 2.05. The SMILES string of the molecule is CN1CCC(=NOCCN2CCOCC2)CC1. The summed E-state index contributed by atoms with van der Waals surface area (Å²) in [5, 5.41) is 4.23. The predicted octanol–water partition coefficient (Wildman–Crippen LogP) is 0.417. The molecule has 2 aliphatic heterocycles. The highest BCUT2D eigenvalue weighted by molar-refractivity contribution is 5.84. The van der Waals surface area contributed by atoms with Gasteiger partial charge in [-0.15, -0.1) is 0 Å². The Morgan fingerprint density at radius 2 is 1.88 bits per heavy atom. The van der Waals surface area contributed by atoms with Crippen LogP contribution >= 0.6 is 0 Å². The van der Waals surface area contributed by atoms with E-state index in [1.54, 1.807) is 0 Å². The van der Waals surface area contributed by atoms with E-state index in [0.29, 0.717) is 6.61 Å². The van der Waals surface area contributed by atoms with Crippen molar-refractivity contribution in [3.8, 4) is 0 Å². The van der Waals surface area contributed by atoms with Crippen molar-refractivity contribution in [1.82, 2.24) is 9.80 Å². The maximum Gasteiger partial charge on any atom is 0.129 e. The van der Waals surface area contributed by atoms with E-state index in [2.05, 4.69) is 22.0 Å².